The Morgan fingerprint density at radius 2 is 1.78 bits per heavy atom. The van der Waals surface area contributed by atoms with Crippen LogP contribution < -0.4 is 5.32 Å². The molecule has 2 heterocycles. The number of likely N-dealkylation sites (tertiary alicyclic amines) is 1. The summed E-state index contributed by atoms with van der Waals surface area (Å²) in [6, 6.07) is 15.2. The number of benzene rings is 2. The zero-order valence-corrected chi connectivity index (χ0v) is 19.2. The number of halogens is 1. The van der Waals surface area contributed by atoms with E-state index in [1.165, 1.54) is 23.0 Å². The fourth-order valence-electron chi connectivity index (χ4n) is 4.00. The van der Waals surface area contributed by atoms with Crippen LogP contribution in [0.15, 0.2) is 53.9 Å². The van der Waals surface area contributed by atoms with Gasteiger partial charge in [-0.15, -0.1) is 11.3 Å². The third-order valence-corrected chi connectivity index (χ3v) is 6.98. The van der Waals surface area contributed by atoms with Gasteiger partial charge in [0.1, 0.15) is 5.82 Å². The first-order valence-electron chi connectivity index (χ1n) is 10.9. The summed E-state index contributed by atoms with van der Waals surface area (Å²) in [5.41, 5.74) is 4.53. The predicted molar refractivity (Wildman–Crippen MR) is 126 cm³/mol. The third kappa shape index (κ3) is 4.91. The average molecular weight is 451 g/mol. The number of thiophene rings is 1. The molecule has 6 heteroatoms. The van der Waals surface area contributed by atoms with Crippen LogP contribution in [0.2, 0.25) is 0 Å². The lowest BCUT2D eigenvalue weighted by atomic mass is 9.95. The summed E-state index contributed by atoms with van der Waals surface area (Å²) >= 11 is 1.46. The summed E-state index contributed by atoms with van der Waals surface area (Å²) in [5.74, 6) is -0.393. The predicted octanol–water partition coefficient (Wildman–Crippen LogP) is 5.34. The number of piperidine rings is 1. The second-order valence-electron chi connectivity index (χ2n) is 8.40. The minimum absolute atomic E-state index is 0.0320. The number of nitrogens with zero attached hydrogens (tertiary/aromatic N) is 1. The van der Waals surface area contributed by atoms with Crippen molar-refractivity contribution in [1.29, 1.82) is 0 Å². The Balaban J connectivity index is 1.33. The van der Waals surface area contributed by atoms with E-state index in [-0.39, 0.29) is 23.5 Å². The molecule has 0 aliphatic carbocycles. The van der Waals surface area contributed by atoms with Crippen molar-refractivity contribution in [2.75, 3.05) is 13.1 Å². The summed E-state index contributed by atoms with van der Waals surface area (Å²) in [7, 11) is 0. The smallest absolute Gasteiger partial charge is 0.264 e. The van der Waals surface area contributed by atoms with Gasteiger partial charge >= 0.3 is 0 Å². The second-order valence-corrected chi connectivity index (χ2v) is 9.31. The second kappa shape index (κ2) is 9.65. The Morgan fingerprint density at radius 3 is 2.47 bits per heavy atom. The van der Waals surface area contributed by atoms with Gasteiger partial charge in [0.05, 0.1) is 4.88 Å². The Labute approximate surface area is 192 Å². The third-order valence-electron chi connectivity index (χ3n) is 6.08. The fourth-order valence-corrected chi connectivity index (χ4v) is 4.89. The van der Waals surface area contributed by atoms with Gasteiger partial charge in [-0.3, -0.25) is 9.59 Å². The van der Waals surface area contributed by atoms with Gasteiger partial charge in [0, 0.05) is 31.1 Å². The molecule has 0 bridgehead atoms. The van der Waals surface area contributed by atoms with Crippen LogP contribution in [0, 0.1) is 25.6 Å². The number of rotatable bonds is 5. The zero-order valence-electron chi connectivity index (χ0n) is 18.4. The molecule has 3 aromatic rings. The van der Waals surface area contributed by atoms with Crippen molar-refractivity contribution in [2.45, 2.75) is 33.2 Å². The highest BCUT2D eigenvalue weighted by Crippen LogP contribution is 2.31. The van der Waals surface area contributed by atoms with Crippen LogP contribution in [-0.4, -0.2) is 29.8 Å². The minimum Gasteiger partial charge on any atom is -0.352 e. The average Bonchev–Trinajstić information content (AvgIpc) is 3.29. The Morgan fingerprint density at radius 1 is 1.06 bits per heavy atom. The van der Waals surface area contributed by atoms with Gasteiger partial charge in [-0.25, -0.2) is 4.39 Å². The lowest BCUT2D eigenvalue weighted by Gasteiger charge is -2.31. The van der Waals surface area contributed by atoms with Crippen LogP contribution >= 0.6 is 11.3 Å². The van der Waals surface area contributed by atoms with Crippen LogP contribution in [-0.2, 0) is 11.3 Å². The molecule has 1 aliphatic rings. The van der Waals surface area contributed by atoms with Crippen LogP contribution in [0.25, 0.3) is 11.1 Å². The molecule has 0 atom stereocenters. The first kappa shape index (κ1) is 22.2. The highest BCUT2D eigenvalue weighted by molar-refractivity contribution is 7.12. The molecular formula is C26H27FN2O2S. The first-order chi connectivity index (χ1) is 15.4. The minimum atomic E-state index is -0.262. The normalized spacial score (nSPS) is 14.4. The van der Waals surface area contributed by atoms with E-state index < -0.39 is 0 Å². The molecule has 4 nitrogen and oxygen atoms in total. The first-order valence-corrected chi connectivity index (χ1v) is 11.8. The van der Waals surface area contributed by atoms with Crippen molar-refractivity contribution in [3.05, 3.63) is 81.3 Å². The molecule has 1 aliphatic heterocycles. The molecule has 1 fully saturated rings. The number of hydrogen-bond donors (Lipinski definition) is 1. The van der Waals surface area contributed by atoms with Crippen molar-refractivity contribution in [1.82, 2.24) is 10.2 Å². The quantitative estimate of drug-likeness (QED) is 0.570. The number of hydrogen-bond acceptors (Lipinski definition) is 3. The summed E-state index contributed by atoms with van der Waals surface area (Å²) in [4.78, 5) is 28.4. The standard InChI is InChI=1S/C26H27FN2O2S/c1-17-3-7-20(8-4-17)22-11-14-32-24(22)26(31)29-12-9-21(10-13-29)25(30)28-16-19-6-5-18(2)23(27)15-19/h3-8,11,14-15,21H,9-10,12-13,16H2,1-2H3,(H,28,30). The number of amides is 2. The van der Waals surface area contributed by atoms with Crippen molar-refractivity contribution in [2.24, 2.45) is 5.92 Å². The van der Waals surface area contributed by atoms with Gasteiger partial charge in [-0.2, -0.15) is 0 Å². The largest absolute Gasteiger partial charge is 0.352 e. The summed E-state index contributed by atoms with van der Waals surface area (Å²) in [6.45, 7) is 5.18. The molecule has 0 spiro atoms. The summed E-state index contributed by atoms with van der Waals surface area (Å²) in [6.07, 6.45) is 1.26. The van der Waals surface area contributed by atoms with Gasteiger partial charge in [-0.1, -0.05) is 42.0 Å². The lowest BCUT2D eigenvalue weighted by molar-refractivity contribution is -0.126. The molecular weight excluding hydrogens is 423 g/mol. The van der Waals surface area contributed by atoms with Crippen molar-refractivity contribution >= 4 is 23.2 Å². The van der Waals surface area contributed by atoms with Crippen molar-refractivity contribution in [3.8, 4) is 11.1 Å². The van der Waals surface area contributed by atoms with E-state index >= 15 is 0 Å². The number of nitrogens with one attached hydrogen (secondary N) is 1. The Kier molecular flexibility index (Phi) is 6.70. The number of carbonyl (C=O) groups is 2. The molecule has 1 aromatic heterocycles. The van der Waals surface area contributed by atoms with Crippen LogP contribution in [0.1, 0.15) is 39.2 Å². The van der Waals surface area contributed by atoms with Crippen LogP contribution in [0.4, 0.5) is 4.39 Å². The fraction of sp³-hybridized carbons (Fsp3) is 0.308. The van der Waals surface area contributed by atoms with E-state index in [0.717, 1.165) is 21.6 Å². The maximum absolute atomic E-state index is 13.7. The topological polar surface area (TPSA) is 49.4 Å². The van der Waals surface area contributed by atoms with Gasteiger partial charge in [0.25, 0.3) is 5.91 Å². The van der Waals surface area contributed by atoms with Gasteiger partial charge < -0.3 is 10.2 Å². The van der Waals surface area contributed by atoms with E-state index in [4.69, 9.17) is 0 Å². The maximum Gasteiger partial charge on any atom is 0.264 e. The van der Waals surface area contributed by atoms with Crippen molar-refractivity contribution in [3.63, 3.8) is 0 Å². The van der Waals surface area contributed by atoms with E-state index in [1.807, 2.05) is 41.5 Å². The van der Waals surface area contributed by atoms with Crippen LogP contribution in [0.5, 0.6) is 0 Å². The summed E-state index contributed by atoms with van der Waals surface area (Å²) in [5, 5.41) is 4.87. The number of carbonyl (C=O) groups excluding carboxylic acids is 2. The van der Waals surface area contributed by atoms with Gasteiger partial charge in [0.2, 0.25) is 5.91 Å². The maximum atomic E-state index is 13.7. The molecule has 1 saturated heterocycles. The molecule has 0 saturated carbocycles. The Hall–Kier alpha value is -2.99. The van der Waals surface area contributed by atoms with E-state index in [0.29, 0.717) is 38.0 Å². The highest BCUT2D eigenvalue weighted by Gasteiger charge is 2.29. The molecule has 2 aromatic carbocycles. The van der Waals surface area contributed by atoms with E-state index in [2.05, 4.69) is 17.4 Å². The van der Waals surface area contributed by atoms with Gasteiger partial charge in [0.15, 0.2) is 0 Å². The molecule has 0 radical (unpaired) electrons. The SMILES string of the molecule is Cc1ccc(-c2ccsc2C(=O)N2CCC(C(=O)NCc3ccc(C)c(F)c3)CC2)cc1. The molecule has 1 N–H and O–H groups in total. The lowest BCUT2D eigenvalue weighted by Crippen LogP contribution is -2.42. The molecule has 4 rings (SSSR count). The van der Waals surface area contributed by atoms with E-state index in [1.54, 1.807) is 13.0 Å². The van der Waals surface area contributed by atoms with Crippen LogP contribution in [0.3, 0.4) is 0 Å². The molecule has 0 unspecified atom stereocenters. The summed E-state index contributed by atoms with van der Waals surface area (Å²) < 4.78 is 13.7. The highest BCUT2D eigenvalue weighted by atomic mass is 32.1. The molecule has 2 amide bonds. The van der Waals surface area contributed by atoms with E-state index in [9.17, 15) is 14.0 Å². The Bertz CT molecular complexity index is 1120. The molecule has 166 valence electrons. The zero-order chi connectivity index (χ0) is 22.7. The number of aryl methyl sites for hydroxylation is 2. The monoisotopic (exact) mass is 450 g/mol. The molecule has 32 heavy (non-hydrogen) atoms. The van der Waals surface area contributed by atoms with Gasteiger partial charge in [-0.05, 0) is 60.9 Å². The van der Waals surface area contributed by atoms with Crippen molar-refractivity contribution < 1.29 is 14.0 Å².